The molecule has 2 unspecified atom stereocenters. The van der Waals surface area contributed by atoms with Crippen molar-refractivity contribution in [1.82, 2.24) is 0 Å². The average Bonchev–Trinajstić information content (AvgIpc) is 2.77. The van der Waals surface area contributed by atoms with E-state index in [-0.39, 0.29) is 5.82 Å². The Morgan fingerprint density at radius 2 is 2.05 bits per heavy atom. The summed E-state index contributed by atoms with van der Waals surface area (Å²) in [6.45, 7) is 10.4. The molecule has 2 rings (SSSR count). The largest absolute Gasteiger partial charge is 0.389 e. The zero-order valence-corrected chi connectivity index (χ0v) is 12.3. The molecule has 0 bridgehead atoms. The Morgan fingerprint density at radius 1 is 1.37 bits per heavy atom. The van der Waals surface area contributed by atoms with Gasteiger partial charge in [-0.15, -0.1) is 0 Å². The third-order valence-electron chi connectivity index (χ3n) is 4.19. The second-order valence-corrected chi connectivity index (χ2v) is 6.68. The molecule has 106 valence electrons. The maximum absolute atomic E-state index is 13.3. The van der Waals surface area contributed by atoms with Crippen molar-refractivity contribution in [2.45, 2.75) is 40.2 Å². The number of aliphatic hydroxyl groups excluding tert-OH is 1. The molecule has 2 atom stereocenters. The fraction of sp³-hybridized carbons (Fsp3) is 0.625. The number of benzene rings is 1. The van der Waals surface area contributed by atoms with E-state index in [4.69, 9.17) is 0 Å². The van der Waals surface area contributed by atoms with Crippen LogP contribution in [0.2, 0.25) is 0 Å². The molecule has 1 aromatic rings. The highest BCUT2D eigenvalue weighted by Crippen LogP contribution is 2.37. The molecule has 0 aliphatic carbocycles. The van der Waals surface area contributed by atoms with Gasteiger partial charge in [0.15, 0.2) is 0 Å². The van der Waals surface area contributed by atoms with E-state index in [1.54, 1.807) is 13.0 Å². The first-order valence-corrected chi connectivity index (χ1v) is 7.01. The molecule has 1 N–H and O–H groups in total. The van der Waals surface area contributed by atoms with E-state index in [0.717, 1.165) is 25.2 Å². The molecule has 1 aromatic carbocycles. The van der Waals surface area contributed by atoms with E-state index in [2.05, 4.69) is 25.7 Å². The van der Waals surface area contributed by atoms with Crippen molar-refractivity contribution in [3.8, 4) is 0 Å². The summed E-state index contributed by atoms with van der Waals surface area (Å²) < 4.78 is 13.3. The molecular weight excluding hydrogens is 241 g/mol. The van der Waals surface area contributed by atoms with Gasteiger partial charge < -0.3 is 10.0 Å². The van der Waals surface area contributed by atoms with Crippen LogP contribution in [0.4, 0.5) is 10.1 Å². The van der Waals surface area contributed by atoms with Gasteiger partial charge in [0.2, 0.25) is 0 Å². The highest BCUT2D eigenvalue weighted by atomic mass is 19.1. The smallest absolute Gasteiger partial charge is 0.123 e. The van der Waals surface area contributed by atoms with Crippen molar-refractivity contribution < 1.29 is 9.50 Å². The van der Waals surface area contributed by atoms with Gasteiger partial charge >= 0.3 is 0 Å². The van der Waals surface area contributed by atoms with Crippen LogP contribution >= 0.6 is 0 Å². The van der Waals surface area contributed by atoms with Gasteiger partial charge in [-0.05, 0) is 42.9 Å². The van der Waals surface area contributed by atoms with E-state index in [1.807, 2.05) is 0 Å². The lowest BCUT2D eigenvalue weighted by Crippen LogP contribution is -2.26. The number of hydrogen-bond acceptors (Lipinski definition) is 2. The maximum Gasteiger partial charge on any atom is 0.123 e. The van der Waals surface area contributed by atoms with Crippen molar-refractivity contribution in [2.75, 3.05) is 18.0 Å². The van der Waals surface area contributed by atoms with Crippen molar-refractivity contribution in [3.05, 3.63) is 29.6 Å². The van der Waals surface area contributed by atoms with Gasteiger partial charge in [-0.25, -0.2) is 4.39 Å². The molecule has 0 aromatic heterocycles. The van der Waals surface area contributed by atoms with Crippen LogP contribution in [0.5, 0.6) is 0 Å². The van der Waals surface area contributed by atoms with Gasteiger partial charge in [-0.2, -0.15) is 0 Å². The maximum atomic E-state index is 13.3. The number of rotatable bonds is 2. The summed E-state index contributed by atoms with van der Waals surface area (Å²) in [5, 5.41) is 9.82. The Kier molecular flexibility index (Phi) is 3.86. The molecule has 0 amide bonds. The van der Waals surface area contributed by atoms with Crippen LogP contribution in [0.3, 0.4) is 0 Å². The van der Waals surface area contributed by atoms with Crippen LogP contribution in [0.25, 0.3) is 0 Å². The van der Waals surface area contributed by atoms with Gasteiger partial charge in [0, 0.05) is 24.3 Å². The lowest BCUT2D eigenvalue weighted by atomic mass is 9.80. The lowest BCUT2D eigenvalue weighted by molar-refractivity contribution is 0.199. The summed E-state index contributed by atoms with van der Waals surface area (Å²) in [6.07, 6.45) is 0.513. The van der Waals surface area contributed by atoms with Crippen LogP contribution in [-0.4, -0.2) is 18.2 Å². The predicted molar refractivity (Wildman–Crippen MR) is 76.8 cm³/mol. The van der Waals surface area contributed by atoms with Crippen LogP contribution in [0, 0.1) is 17.2 Å². The highest BCUT2D eigenvalue weighted by molar-refractivity contribution is 5.55. The van der Waals surface area contributed by atoms with Crippen LogP contribution in [-0.2, 0) is 0 Å². The van der Waals surface area contributed by atoms with Crippen LogP contribution in [0.15, 0.2) is 18.2 Å². The van der Waals surface area contributed by atoms with Gasteiger partial charge in [0.25, 0.3) is 0 Å². The predicted octanol–water partition coefficient (Wildman–Crippen LogP) is 3.75. The topological polar surface area (TPSA) is 23.5 Å². The van der Waals surface area contributed by atoms with E-state index in [1.165, 1.54) is 12.1 Å². The zero-order chi connectivity index (χ0) is 14.2. The number of aliphatic hydroxyl groups is 1. The van der Waals surface area contributed by atoms with Crippen molar-refractivity contribution in [2.24, 2.45) is 11.3 Å². The molecule has 1 aliphatic heterocycles. The van der Waals surface area contributed by atoms with E-state index >= 15 is 0 Å². The fourth-order valence-corrected chi connectivity index (χ4v) is 2.83. The normalized spacial score (nSPS) is 21.8. The Hall–Kier alpha value is -1.09. The van der Waals surface area contributed by atoms with Gasteiger partial charge in [0.1, 0.15) is 5.82 Å². The van der Waals surface area contributed by atoms with Crippen LogP contribution < -0.4 is 4.90 Å². The summed E-state index contributed by atoms with van der Waals surface area (Å²) >= 11 is 0. The summed E-state index contributed by atoms with van der Waals surface area (Å²) in [4.78, 5) is 2.28. The molecule has 1 aliphatic rings. The summed E-state index contributed by atoms with van der Waals surface area (Å²) in [6, 6.07) is 4.72. The Bertz CT molecular complexity index is 451. The van der Waals surface area contributed by atoms with Gasteiger partial charge in [-0.3, -0.25) is 0 Å². The monoisotopic (exact) mass is 265 g/mol. The SMILES string of the molecule is CC(O)c1cc(F)ccc1N1CCC(C(C)(C)C)C1. The number of hydrogen-bond donors (Lipinski definition) is 1. The summed E-state index contributed by atoms with van der Waals surface area (Å²) in [5.41, 5.74) is 1.96. The summed E-state index contributed by atoms with van der Waals surface area (Å²) in [5.74, 6) is 0.352. The Morgan fingerprint density at radius 3 is 2.58 bits per heavy atom. The first-order valence-electron chi connectivity index (χ1n) is 7.01. The fourth-order valence-electron chi connectivity index (χ4n) is 2.83. The van der Waals surface area contributed by atoms with E-state index in [0.29, 0.717) is 16.9 Å². The first kappa shape index (κ1) is 14.3. The van der Waals surface area contributed by atoms with Gasteiger partial charge in [-0.1, -0.05) is 20.8 Å². The minimum absolute atomic E-state index is 0.286. The average molecular weight is 265 g/mol. The molecule has 1 heterocycles. The third kappa shape index (κ3) is 3.08. The van der Waals surface area contributed by atoms with E-state index < -0.39 is 6.10 Å². The minimum Gasteiger partial charge on any atom is -0.389 e. The second-order valence-electron chi connectivity index (χ2n) is 6.68. The number of halogens is 1. The third-order valence-corrected chi connectivity index (χ3v) is 4.19. The minimum atomic E-state index is -0.639. The lowest BCUT2D eigenvalue weighted by Gasteiger charge is -2.28. The van der Waals surface area contributed by atoms with E-state index in [9.17, 15) is 9.50 Å². The van der Waals surface area contributed by atoms with Crippen molar-refractivity contribution in [1.29, 1.82) is 0 Å². The Balaban J connectivity index is 2.24. The molecule has 0 spiro atoms. The molecule has 1 fully saturated rings. The number of nitrogens with zero attached hydrogens (tertiary/aromatic N) is 1. The molecule has 1 saturated heterocycles. The quantitative estimate of drug-likeness (QED) is 0.880. The highest BCUT2D eigenvalue weighted by Gasteiger charge is 2.32. The zero-order valence-electron chi connectivity index (χ0n) is 12.3. The molecule has 0 saturated carbocycles. The van der Waals surface area contributed by atoms with Crippen molar-refractivity contribution >= 4 is 5.69 Å². The second kappa shape index (κ2) is 5.12. The molecule has 19 heavy (non-hydrogen) atoms. The molecule has 2 nitrogen and oxygen atoms in total. The van der Waals surface area contributed by atoms with Crippen LogP contribution in [0.1, 0.15) is 45.8 Å². The summed E-state index contributed by atoms with van der Waals surface area (Å²) in [7, 11) is 0. The molecular formula is C16H24FNO. The molecule has 3 heteroatoms. The Labute approximate surface area is 115 Å². The number of anilines is 1. The standard InChI is InChI=1S/C16H24FNO/c1-11(19)14-9-13(17)5-6-15(14)18-8-7-12(10-18)16(2,3)4/h5-6,9,11-12,19H,7-8,10H2,1-4H3. The van der Waals surface area contributed by atoms with Crippen molar-refractivity contribution in [3.63, 3.8) is 0 Å². The first-order chi connectivity index (χ1) is 8.79. The molecule has 0 radical (unpaired) electrons. The van der Waals surface area contributed by atoms with Gasteiger partial charge in [0.05, 0.1) is 6.10 Å².